The van der Waals surface area contributed by atoms with E-state index in [9.17, 15) is 4.79 Å². The molecule has 1 aliphatic rings. The lowest BCUT2D eigenvalue weighted by atomic mass is 9.90. The number of hydrogen-bond acceptors (Lipinski definition) is 4. The fourth-order valence-electron chi connectivity index (χ4n) is 3.64. The first kappa shape index (κ1) is 21.3. The van der Waals surface area contributed by atoms with Crippen molar-refractivity contribution in [3.8, 4) is 11.5 Å². The number of rotatable bonds is 3. The van der Waals surface area contributed by atoms with Crippen LogP contribution >= 0.6 is 0 Å². The molecule has 0 bridgehead atoms. The second-order valence-electron chi connectivity index (χ2n) is 7.33. The van der Waals surface area contributed by atoms with Crippen LogP contribution in [-0.2, 0) is 6.42 Å². The van der Waals surface area contributed by atoms with Gasteiger partial charge in [0, 0.05) is 6.54 Å². The Balaban J connectivity index is 0.000000153. The predicted octanol–water partition coefficient (Wildman–Crippen LogP) is 6.19. The van der Waals surface area contributed by atoms with Gasteiger partial charge in [0.25, 0.3) is 0 Å². The molecule has 32 heavy (non-hydrogen) atoms. The Morgan fingerprint density at radius 3 is 1.75 bits per heavy atom. The first-order chi connectivity index (χ1) is 15.8. The maximum Gasteiger partial charge on any atom is 0.519 e. The Kier molecular flexibility index (Phi) is 7.29. The Bertz CT molecular complexity index is 1070. The molecule has 5 rings (SSSR count). The standard InChI is InChI=1S/C15H15N.C13H10O3/c1-2-7-13(8-3-1)15-14-9-5-4-6-12(14)10-11-16-15;14-13(15-11-7-3-1-4-8-11)16-12-9-5-2-6-10-12/h1-9,15-16H,10-11H2;1-10H/t15-;/m0./s1. The highest BCUT2D eigenvalue weighted by Gasteiger charge is 2.19. The second kappa shape index (κ2) is 10.9. The molecular weight excluding hydrogens is 398 g/mol. The largest absolute Gasteiger partial charge is 0.519 e. The summed E-state index contributed by atoms with van der Waals surface area (Å²) in [6.07, 6.45) is 0.400. The van der Waals surface area contributed by atoms with Crippen LogP contribution in [0.3, 0.4) is 0 Å². The van der Waals surface area contributed by atoms with Gasteiger partial charge in [-0.3, -0.25) is 0 Å². The van der Waals surface area contributed by atoms with Crippen molar-refractivity contribution in [1.82, 2.24) is 5.32 Å². The number of para-hydroxylation sites is 2. The molecule has 4 heteroatoms. The number of nitrogens with one attached hydrogen (secondary N) is 1. The van der Waals surface area contributed by atoms with Crippen molar-refractivity contribution in [2.24, 2.45) is 0 Å². The Hall–Kier alpha value is -3.89. The van der Waals surface area contributed by atoms with Crippen LogP contribution in [0.2, 0.25) is 0 Å². The number of fused-ring (bicyclic) bond motifs is 1. The summed E-state index contributed by atoms with van der Waals surface area (Å²) in [5, 5.41) is 3.59. The van der Waals surface area contributed by atoms with Crippen molar-refractivity contribution in [3.05, 3.63) is 132 Å². The first-order valence-corrected chi connectivity index (χ1v) is 10.7. The van der Waals surface area contributed by atoms with Crippen molar-refractivity contribution in [2.45, 2.75) is 12.5 Å². The molecule has 1 heterocycles. The molecule has 0 radical (unpaired) electrons. The summed E-state index contributed by atoms with van der Waals surface area (Å²) in [4.78, 5) is 11.3. The number of carbonyl (C=O) groups excluding carboxylic acids is 1. The summed E-state index contributed by atoms with van der Waals surface area (Å²) in [5.41, 5.74) is 4.27. The Morgan fingerprint density at radius 2 is 1.16 bits per heavy atom. The minimum absolute atomic E-state index is 0.367. The summed E-state index contributed by atoms with van der Waals surface area (Å²) < 4.78 is 9.91. The van der Waals surface area contributed by atoms with Crippen LogP contribution in [0, 0.1) is 0 Å². The zero-order valence-corrected chi connectivity index (χ0v) is 17.7. The molecular formula is C28H25NO3. The molecule has 0 unspecified atom stereocenters. The highest BCUT2D eigenvalue weighted by molar-refractivity contribution is 5.66. The second-order valence-corrected chi connectivity index (χ2v) is 7.33. The van der Waals surface area contributed by atoms with Gasteiger partial charge in [0.2, 0.25) is 0 Å². The van der Waals surface area contributed by atoms with E-state index in [1.54, 1.807) is 48.5 Å². The zero-order valence-electron chi connectivity index (χ0n) is 17.7. The third-order valence-corrected chi connectivity index (χ3v) is 5.13. The van der Waals surface area contributed by atoms with E-state index >= 15 is 0 Å². The molecule has 1 atom stereocenters. The average Bonchev–Trinajstić information content (AvgIpc) is 2.86. The molecule has 0 fully saturated rings. The van der Waals surface area contributed by atoms with E-state index in [1.807, 2.05) is 12.1 Å². The molecule has 0 aromatic heterocycles. The third kappa shape index (κ3) is 5.84. The van der Waals surface area contributed by atoms with Crippen LogP contribution in [0.1, 0.15) is 22.7 Å². The van der Waals surface area contributed by atoms with Crippen molar-refractivity contribution < 1.29 is 14.3 Å². The van der Waals surface area contributed by atoms with Crippen molar-refractivity contribution in [3.63, 3.8) is 0 Å². The molecule has 1 N–H and O–H groups in total. The van der Waals surface area contributed by atoms with E-state index in [0.29, 0.717) is 17.5 Å². The average molecular weight is 424 g/mol. The van der Waals surface area contributed by atoms with Crippen LogP contribution in [0.15, 0.2) is 115 Å². The Morgan fingerprint density at radius 1 is 0.656 bits per heavy atom. The first-order valence-electron chi connectivity index (χ1n) is 10.7. The maximum absolute atomic E-state index is 11.3. The van der Waals surface area contributed by atoms with Gasteiger partial charge in [-0.25, -0.2) is 4.79 Å². The fraction of sp³-hybridized carbons (Fsp3) is 0.107. The molecule has 0 aliphatic carbocycles. The SMILES string of the molecule is O=C(Oc1ccccc1)Oc1ccccc1.c1ccc([C@@H]2NCCc3ccccc32)cc1. The van der Waals surface area contributed by atoms with Gasteiger partial charge in [-0.1, -0.05) is 91.0 Å². The highest BCUT2D eigenvalue weighted by atomic mass is 16.7. The smallest absolute Gasteiger partial charge is 0.395 e. The summed E-state index contributed by atoms with van der Waals surface area (Å²) in [6, 6.07) is 37.3. The minimum atomic E-state index is -0.739. The number of carbonyl (C=O) groups is 1. The zero-order chi connectivity index (χ0) is 22.0. The van der Waals surface area contributed by atoms with E-state index in [1.165, 1.54) is 16.7 Å². The summed E-state index contributed by atoms with van der Waals surface area (Å²) in [6.45, 7) is 1.07. The lowest BCUT2D eigenvalue weighted by molar-refractivity contribution is 0.152. The molecule has 0 amide bonds. The molecule has 4 aromatic carbocycles. The number of ether oxygens (including phenoxy) is 2. The summed E-state index contributed by atoms with van der Waals surface area (Å²) in [5.74, 6) is 0.923. The van der Waals surface area contributed by atoms with Crippen molar-refractivity contribution >= 4 is 6.16 Å². The van der Waals surface area contributed by atoms with Gasteiger partial charge < -0.3 is 14.8 Å². The molecule has 160 valence electrons. The highest BCUT2D eigenvalue weighted by Crippen LogP contribution is 2.28. The van der Waals surface area contributed by atoms with Crippen LogP contribution < -0.4 is 14.8 Å². The maximum atomic E-state index is 11.3. The van der Waals surface area contributed by atoms with Gasteiger partial charge >= 0.3 is 6.16 Å². The van der Waals surface area contributed by atoms with E-state index in [4.69, 9.17) is 9.47 Å². The summed E-state index contributed by atoms with van der Waals surface area (Å²) >= 11 is 0. The van der Waals surface area contributed by atoms with Gasteiger partial charge in [-0.2, -0.15) is 0 Å². The van der Waals surface area contributed by atoms with Crippen LogP contribution in [0.25, 0.3) is 0 Å². The monoisotopic (exact) mass is 423 g/mol. The lowest BCUT2D eigenvalue weighted by Gasteiger charge is -2.27. The van der Waals surface area contributed by atoms with Gasteiger partial charge in [-0.05, 0) is 47.4 Å². The minimum Gasteiger partial charge on any atom is -0.395 e. The van der Waals surface area contributed by atoms with Gasteiger partial charge in [0.1, 0.15) is 11.5 Å². The van der Waals surface area contributed by atoms with Gasteiger partial charge in [0.15, 0.2) is 0 Å². The van der Waals surface area contributed by atoms with E-state index in [2.05, 4.69) is 59.9 Å². The Labute approximate surface area is 188 Å². The molecule has 0 saturated carbocycles. The fourth-order valence-corrected chi connectivity index (χ4v) is 3.64. The molecule has 4 aromatic rings. The van der Waals surface area contributed by atoms with E-state index < -0.39 is 6.16 Å². The van der Waals surface area contributed by atoms with E-state index in [-0.39, 0.29) is 0 Å². The predicted molar refractivity (Wildman–Crippen MR) is 126 cm³/mol. The topological polar surface area (TPSA) is 47.6 Å². The number of hydrogen-bond donors (Lipinski definition) is 1. The van der Waals surface area contributed by atoms with Crippen molar-refractivity contribution in [1.29, 1.82) is 0 Å². The van der Waals surface area contributed by atoms with Gasteiger partial charge in [0.05, 0.1) is 6.04 Å². The van der Waals surface area contributed by atoms with Crippen LogP contribution in [-0.4, -0.2) is 12.7 Å². The van der Waals surface area contributed by atoms with Crippen LogP contribution in [0.4, 0.5) is 4.79 Å². The van der Waals surface area contributed by atoms with Crippen molar-refractivity contribution in [2.75, 3.05) is 6.54 Å². The molecule has 4 nitrogen and oxygen atoms in total. The van der Waals surface area contributed by atoms with E-state index in [0.717, 1.165) is 13.0 Å². The molecule has 0 saturated heterocycles. The number of benzene rings is 4. The van der Waals surface area contributed by atoms with Crippen LogP contribution in [0.5, 0.6) is 11.5 Å². The summed E-state index contributed by atoms with van der Waals surface area (Å²) in [7, 11) is 0. The molecule has 1 aliphatic heterocycles. The van der Waals surface area contributed by atoms with Gasteiger partial charge in [-0.15, -0.1) is 0 Å². The lowest BCUT2D eigenvalue weighted by Crippen LogP contribution is -2.30. The molecule has 0 spiro atoms. The quantitative estimate of drug-likeness (QED) is 0.315. The normalized spacial score (nSPS) is 14.3. The third-order valence-electron chi connectivity index (χ3n) is 5.13.